The largest absolute Gasteiger partial charge is 0.466 e. The van der Waals surface area contributed by atoms with Gasteiger partial charge in [-0.3, -0.25) is 4.79 Å². The molecule has 1 atom stereocenters. The maximum Gasteiger partial charge on any atom is 0.246 e. The van der Waals surface area contributed by atoms with Crippen molar-refractivity contribution in [3.05, 3.63) is 28.7 Å². The highest BCUT2D eigenvalue weighted by Gasteiger charge is 2.36. The Kier molecular flexibility index (Phi) is 6.24. The molecule has 0 bridgehead atoms. The lowest BCUT2D eigenvalue weighted by Gasteiger charge is -2.27. The number of carbonyl (C=O) groups is 1. The van der Waals surface area contributed by atoms with Crippen molar-refractivity contribution in [2.24, 2.45) is 5.92 Å². The number of carbonyl (C=O) groups excluding carboxylic acids is 1. The third kappa shape index (κ3) is 5.78. The van der Waals surface area contributed by atoms with Gasteiger partial charge >= 0.3 is 0 Å². The van der Waals surface area contributed by atoms with Crippen LogP contribution in [0, 0.1) is 5.92 Å². The van der Waals surface area contributed by atoms with E-state index in [1.54, 1.807) is 38.1 Å². The lowest BCUT2D eigenvalue weighted by molar-refractivity contribution is -0.126. The van der Waals surface area contributed by atoms with Gasteiger partial charge in [0, 0.05) is 10.4 Å². The van der Waals surface area contributed by atoms with Crippen molar-refractivity contribution in [2.45, 2.75) is 23.9 Å². The van der Waals surface area contributed by atoms with E-state index in [0.717, 1.165) is 4.47 Å². The van der Waals surface area contributed by atoms with Crippen LogP contribution in [0.25, 0.3) is 0 Å². The van der Waals surface area contributed by atoms with E-state index >= 15 is 0 Å². The zero-order valence-corrected chi connectivity index (χ0v) is 14.1. The van der Waals surface area contributed by atoms with E-state index in [2.05, 4.69) is 21.2 Å². The van der Waals surface area contributed by atoms with E-state index in [-0.39, 0.29) is 11.8 Å². The molecule has 0 aromatic heterocycles. The van der Waals surface area contributed by atoms with Gasteiger partial charge in [0.2, 0.25) is 15.9 Å². The second-order valence-electron chi connectivity index (χ2n) is 4.16. The van der Waals surface area contributed by atoms with Gasteiger partial charge in [-0.05, 0) is 24.3 Å². The van der Waals surface area contributed by atoms with Crippen LogP contribution < -0.4 is 10.1 Å². The third-order valence-electron chi connectivity index (χ3n) is 2.16. The number of amides is 1. The standard InChI is InChI=1S/C12H13BrCl3NO2/c1-7(2)10(18)17-11(12(14,15)16)19-9-5-3-8(13)4-6-9/h3-7,11H,1-2H3,(H,17,18)/t11-/m0/s1. The minimum absolute atomic E-state index is 0.233. The summed E-state index contributed by atoms with van der Waals surface area (Å²) in [6.07, 6.45) is -1.06. The average molecular weight is 390 g/mol. The predicted octanol–water partition coefficient (Wildman–Crippen LogP) is 4.30. The maximum atomic E-state index is 11.7. The highest BCUT2D eigenvalue weighted by Crippen LogP contribution is 2.32. The van der Waals surface area contributed by atoms with Crippen molar-refractivity contribution in [3.63, 3.8) is 0 Å². The Labute approximate surface area is 135 Å². The molecule has 1 amide bonds. The van der Waals surface area contributed by atoms with Crippen LogP contribution in [0.3, 0.4) is 0 Å². The minimum Gasteiger partial charge on any atom is -0.466 e. The van der Waals surface area contributed by atoms with Gasteiger partial charge in [-0.25, -0.2) is 0 Å². The number of hydrogen-bond donors (Lipinski definition) is 1. The molecule has 0 aliphatic carbocycles. The lowest BCUT2D eigenvalue weighted by Crippen LogP contribution is -2.49. The second-order valence-corrected chi connectivity index (χ2v) is 7.44. The van der Waals surface area contributed by atoms with Gasteiger partial charge in [0.1, 0.15) is 5.75 Å². The highest BCUT2D eigenvalue weighted by atomic mass is 79.9. The minimum atomic E-state index is -1.77. The fraction of sp³-hybridized carbons (Fsp3) is 0.417. The molecule has 0 unspecified atom stereocenters. The van der Waals surface area contributed by atoms with Gasteiger partial charge < -0.3 is 10.1 Å². The van der Waals surface area contributed by atoms with E-state index in [1.165, 1.54) is 0 Å². The molecule has 19 heavy (non-hydrogen) atoms. The fourth-order valence-corrected chi connectivity index (χ4v) is 1.68. The first kappa shape index (κ1) is 16.9. The SMILES string of the molecule is CC(C)C(=O)N[C@@H](Oc1ccc(Br)cc1)C(Cl)(Cl)Cl. The number of halogens is 4. The Hall–Kier alpha value is -0.160. The summed E-state index contributed by atoms with van der Waals surface area (Å²) < 4.78 is 4.64. The zero-order chi connectivity index (χ0) is 14.6. The number of hydrogen-bond acceptors (Lipinski definition) is 2. The molecule has 1 rings (SSSR count). The molecular weight excluding hydrogens is 376 g/mol. The van der Waals surface area contributed by atoms with Gasteiger partial charge in [-0.2, -0.15) is 0 Å². The molecule has 0 saturated heterocycles. The second kappa shape index (κ2) is 7.02. The van der Waals surface area contributed by atoms with Gasteiger partial charge in [0.25, 0.3) is 0 Å². The fourth-order valence-electron chi connectivity index (χ4n) is 1.12. The number of ether oxygens (including phenoxy) is 1. The molecular formula is C12H13BrCl3NO2. The Bertz CT molecular complexity index is 432. The summed E-state index contributed by atoms with van der Waals surface area (Å²) in [6.45, 7) is 3.48. The van der Waals surface area contributed by atoms with Crippen molar-refractivity contribution in [3.8, 4) is 5.75 Å². The van der Waals surface area contributed by atoms with Crippen molar-refractivity contribution in [1.82, 2.24) is 5.32 Å². The van der Waals surface area contributed by atoms with Crippen molar-refractivity contribution >= 4 is 56.6 Å². The van der Waals surface area contributed by atoms with Crippen LogP contribution in [0.15, 0.2) is 28.7 Å². The lowest BCUT2D eigenvalue weighted by atomic mass is 10.2. The van der Waals surface area contributed by atoms with Crippen LogP contribution in [-0.4, -0.2) is 15.9 Å². The monoisotopic (exact) mass is 387 g/mol. The molecule has 1 aromatic rings. The van der Waals surface area contributed by atoms with E-state index < -0.39 is 10.0 Å². The molecule has 0 aliphatic heterocycles. The molecule has 0 spiro atoms. The summed E-state index contributed by atoms with van der Waals surface area (Å²) >= 11 is 20.7. The van der Waals surface area contributed by atoms with Gasteiger partial charge in [-0.15, -0.1) is 0 Å². The van der Waals surface area contributed by atoms with Crippen LogP contribution >= 0.6 is 50.7 Å². The molecule has 0 heterocycles. The average Bonchev–Trinajstić information content (AvgIpc) is 2.29. The molecule has 0 radical (unpaired) electrons. The molecule has 3 nitrogen and oxygen atoms in total. The van der Waals surface area contributed by atoms with Crippen LogP contribution in [0.5, 0.6) is 5.75 Å². The van der Waals surface area contributed by atoms with E-state index in [1.807, 2.05) is 0 Å². The molecule has 0 saturated carbocycles. The third-order valence-corrected chi connectivity index (χ3v) is 3.29. The highest BCUT2D eigenvalue weighted by molar-refractivity contribution is 9.10. The van der Waals surface area contributed by atoms with E-state index in [9.17, 15) is 4.79 Å². The molecule has 1 N–H and O–H groups in total. The summed E-state index contributed by atoms with van der Waals surface area (Å²) in [4.78, 5) is 11.7. The summed E-state index contributed by atoms with van der Waals surface area (Å²) in [6, 6.07) is 6.98. The van der Waals surface area contributed by atoms with Gasteiger partial charge in [0.05, 0.1) is 0 Å². The number of benzene rings is 1. The summed E-state index contributed by atoms with van der Waals surface area (Å²) in [5.41, 5.74) is 0. The Morgan fingerprint density at radius 3 is 2.21 bits per heavy atom. The maximum absolute atomic E-state index is 11.7. The topological polar surface area (TPSA) is 38.3 Å². The summed E-state index contributed by atoms with van der Waals surface area (Å²) in [5, 5.41) is 2.55. The van der Waals surface area contributed by atoms with Crippen LogP contribution in [-0.2, 0) is 4.79 Å². The van der Waals surface area contributed by atoms with E-state index in [0.29, 0.717) is 5.75 Å². The van der Waals surface area contributed by atoms with Gasteiger partial charge in [0.15, 0.2) is 0 Å². The van der Waals surface area contributed by atoms with E-state index in [4.69, 9.17) is 39.5 Å². The first-order valence-electron chi connectivity index (χ1n) is 5.49. The predicted molar refractivity (Wildman–Crippen MR) is 81.8 cm³/mol. The van der Waals surface area contributed by atoms with Crippen molar-refractivity contribution in [2.75, 3.05) is 0 Å². The Balaban J connectivity index is 2.81. The molecule has 0 aliphatic rings. The van der Waals surface area contributed by atoms with Crippen LogP contribution in [0.1, 0.15) is 13.8 Å². The van der Waals surface area contributed by atoms with Crippen molar-refractivity contribution < 1.29 is 9.53 Å². The summed E-state index contributed by atoms with van der Waals surface area (Å²) in [7, 11) is 0. The van der Waals surface area contributed by atoms with Crippen LogP contribution in [0.2, 0.25) is 0 Å². The smallest absolute Gasteiger partial charge is 0.246 e. The summed E-state index contributed by atoms with van der Waals surface area (Å²) in [5.74, 6) is 0.000357. The molecule has 7 heteroatoms. The molecule has 106 valence electrons. The number of rotatable bonds is 4. The van der Waals surface area contributed by atoms with Crippen LogP contribution in [0.4, 0.5) is 0 Å². The molecule has 0 fully saturated rings. The Morgan fingerprint density at radius 1 is 1.26 bits per heavy atom. The zero-order valence-electron chi connectivity index (χ0n) is 10.3. The molecule has 1 aromatic carbocycles. The number of alkyl halides is 3. The normalized spacial score (nSPS) is 13.2. The quantitative estimate of drug-likeness (QED) is 0.616. The Morgan fingerprint density at radius 2 is 1.79 bits per heavy atom. The van der Waals surface area contributed by atoms with Gasteiger partial charge in [-0.1, -0.05) is 64.6 Å². The first-order valence-corrected chi connectivity index (χ1v) is 7.42. The first-order chi connectivity index (χ1) is 8.70. The van der Waals surface area contributed by atoms with Crippen molar-refractivity contribution in [1.29, 1.82) is 0 Å². The number of nitrogens with one attached hydrogen (secondary N) is 1.